The third-order valence-electron chi connectivity index (χ3n) is 7.70. The van der Waals surface area contributed by atoms with Gasteiger partial charge in [0, 0.05) is 22.6 Å². The number of aryl methyl sites for hydroxylation is 2. The van der Waals surface area contributed by atoms with Gasteiger partial charge in [-0.1, -0.05) is 78.4 Å². The van der Waals surface area contributed by atoms with Crippen LogP contribution in [0.1, 0.15) is 33.9 Å². The van der Waals surface area contributed by atoms with Gasteiger partial charge in [0.2, 0.25) is 0 Å². The van der Waals surface area contributed by atoms with Crippen LogP contribution in [0.15, 0.2) is 133 Å². The Morgan fingerprint density at radius 2 is 1.45 bits per heavy atom. The maximum Gasteiger partial charge on any atom is 0.300 e. The second-order valence-corrected chi connectivity index (χ2v) is 10.9. The summed E-state index contributed by atoms with van der Waals surface area (Å²) in [4.78, 5) is 28.8. The lowest BCUT2D eigenvalue weighted by atomic mass is 9.94. The van der Waals surface area contributed by atoms with Crippen LogP contribution in [0.25, 0.3) is 5.76 Å². The fourth-order valence-electron chi connectivity index (χ4n) is 5.50. The van der Waals surface area contributed by atoms with E-state index in [0.717, 1.165) is 33.6 Å². The van der Waals surface area contributed by atoms with Crippen LogP contribution >= 0.6 is 0 Å². The molecule has 6 rings (SSSR count). The SMILES string of the molecule is Cc1cccc(C2/C(=C(/O)c3ccc(OCc4ccccc4)c(C)c3)C(=O)C(=O)N2c2ccc(Nc3ccccc3)cc2)c1. The molecule has 1 fully saturated rings. The summed E-state index contributed by atoms with van der Waals surface area (Å²) in [5.41, 5.74) is 6.37. The summed E-state index contributed by atoms with van der Waals surface area (Å²) in [7, 11) is 0. The molecule has 1 heterocycles. The van der Waals surface area contributed by atoms with E-state index in [-0.39, 0.29) is 11.3 Å². The zero-order chi connectivity index (χ0) is 30.6. The van der Waals surface area contributed by atoms with Gasteiger partial charge in [-0.25, -0.2) is 0 Å². The Balaban J connectivity index is 1.35. The number of anilines is 3. The number of benzene rings is 5. The topological polar surface area (TPSA) is 78.9 Å². The van der Waals surface area contributed by atoms with Crippen LogP contribution in [0, 0.1) is 13.8 Å². The lowest BCUT2D eigenvalue weighted by Crippen LogP contribution is -2.29. The second-order valence-electron chi connectivity index (χ2n) is 10.9. The van der Waals surface area contributed by atoms with E-state index in [1.165, 1.54) is 4.90 Å². The van der Waals surface area contributed by atoms with Crippen LogP contribution in [-0.2, 0) is 16.2 Å². The normalized spacial score (nSPS) is 15.8. The molecule has 2 N–H and O–H groups in total. The number of rotatable bonds is 8. The molecule has 0 bridgehead atoms. The van der Waals surface area contributed by atoms with Crippen molar-refractivity contribution in [1.29, 1.82) is 0 Å². The van der Waals surface area contributed by atoms with Crippen molar-refractivity contribution in [3.05, 3.63) is 161 Å². The number of ketones is 1. The van der Waals surface area contributed by atoms with Crippen molar-refractivity contribution in [1.82, 2.24) is 0 Å². The largest absolute Gasteiger partial charge is 0.507 e. The Labute approximate surface area is 256 Å². The number of carbonyl (C=O) groups excluding carboxylic acids is 2. The standard InChI is InChI=1S/C38H32N2O4/c1-25-10-9-13-28(22-25)35-34(36(41)29-16-21-33(26(2)23-29)44-24-27-11-5-3-6-12-27)37(42)38(43)40(35)32-19-17-31(18-20-32)39-30-14-7-4-8-15-30/h3-23,35,39,41H,24H2,1-2H3/b36-34-. The summed E-state index contributed by atoms with van der Waals surface area (Å²) < 4.78 is 6.01. The number of nitrogens with zero attached hydrogens (tertiary/aromatic N) is 1. The lowest BCUT2D eigenvalue weighted by molar-refractivity contribution is -0.132. The Kier molecular flexibility index (Phi) is 7.98. The van der Waals surface area contributed by atoms with E-state index in [4.69, 9.17) is 4.74 Å². The molecule has 5 aromatic rings. The molecule has 6 heteroatoms. The van der Waals surface area contributed by atoms with E-state index in [1.54, 1.807) is 18.2 Å². The fraction of sp³-hybridized carbons (Fsp3) is 0.105. The van der Waals surface area contributed by atoms with Gasteiger partial charge in [0.25, 0.3) is 11.7 Å². The number of nitrogens with one attached hydrogen (secondary N) is 1. The van der Waals surface area contributed by atoms with Crippen molar-refractivity contribution in [2.45, 2.75) is 26.5 Å². The highest BCUT2D eigenvalue weighted by molar-refractivity contribution is 6.51. The minimum Gasteiger partial charge on any atom is -0.507 e. The van der Waals surface area contributed by atoms with Crippen molar-refractivity contribution in [2.24, 2.45) is 0 Å². The van der Waals surface area contributed by atoms with Crippen LogP contribution in [0.3, 0.4) is 0 Å². The average Bonchev–Trinajstić information content (AvgIpc) is 3.31. The molecule has 1 amide bonds. The molecule has 44 heavy (non-hydrogen) atoms. The maximum absolute atomic E-state index is 13.6. The van der Waals surface area contributed by atoms with Gasteiger partial charge in [-0.15, -0.1) is 0 Å². The number of aliphatic hydroxyl groups excluding tert-OH is 1. The van der Waals surface area contributed by atoms with Crippen molar-refractivity contribution >= 4 is 34.5 Å². The van der Waals surface area contributed by atoms with Gasteiger partial charge in [-0.3, -0.25) is 14.5 Å². The third-order valence-corrected chi connectivity index (χ3v) is 7.70. The number of hydrogen-bond acceptors (Lipinski definition) is 5. The van der Waals surface area contributed by atoms with Gasteiger partial charge in [0.05, 0.1) is 11.6 Å². The smallest absolute Gasteiger partial charge is 0.300 e. The Bertz CT molecular complexity index is 1850. The van der Waals surface area contributed by atoms with Crippen LogP contribution in [0.5, 0.6) is 5.75 Å². The molecule has 1 unspecified atom stereocenters. The minimum absolute atomic E-state index is 0.0458. The van der Waals surface area contributed by atoms with Gasteiger partial charge in [0.15, 0.2) is 0 Å². The summed E-state index contributed by atoms with van der Waals surface area (Å²) in [6, 6.07) is 39.1. The minimum atomic E-state index is -0.808. The number of hydrogen-bond donors (Lipinski definition) is 2. The summed E-state index contributed by atoms with van der Waals surface area (Å²) in [6.07, 6.45) is 0. The van der Waals surface area contributed by atoms with Crippen molar-refractivity contribution < 1.29 is 19.4 Å². The number of aliphatic hydroxyl groups is 1. The summed E-state index contributed by atoms with van der Waals surface area (Å²) >= 11 is 0. The second kappa shape index (κ2) is 12.3. The van der Waals surface area contributed by atoms with Gasteiger partial charge in [-0.2, -0.15) is 0 Å². The molecule has 0 aromatic heterocycles. The van der Waals surface area contributed by atoms with Crippen molar-refractivity contribution in [2.75, 3.05) is 10.2 Å². The summed E-state index contributed by atoms with van der Waals surface area (Å²) in [6.45, 7) is 4.25. The third kappa shape index (κ3) is 5.83. The van der Waals surface area contributed by atoms with Crippen LogP contribution in [0.2, 0.25) is 0 Å². The van der Waals surface area contributed by atoms with Crippen LogP contribution in [0.4, 0.5) is 17.1 Å². The molecule has 0 aliphatic carbocycles. The maximum atomic E-state index is 13.6. The molecule has 1 aliphatic heterocycles. The summed E-state index contributed by atoms with van der Waals surface area (Å²) in [5.74, 6) is -0.980. The van der Waals surface area contributed by atoms with Gasteiger partial charge in [-0.05, 0) is 85.1 Å². The number of ether oxygens (including phenoxy) is 1. The zero-order valence-corrected chi connectivity index (χ0v) is 24.5. The van der Waals surface area contributed by atoms with Gasteiger partial charge >= 0.3 is 0 Å². The molecule has 1 saturated heterocycles. The average molecular weight is 581 g/mol. The van der Waals surface area contributed by atoms with E-state index in [9.17, 15) is 14.7 Å². The number of amides is 1. The first-order chi connectivity index (χ1) is 21.4. The molecule has 1 aliphatic rings. The quantitative estimate of drug-likeness (QED) is 0.110. The molecule has 6 nitrogen and oxygen atoms in total. The van der Waals surface area contributed by atoms with E-state index in [1.807, 2.05) is 123 Å². The molecule has 5 aromatic carbocycles. The first-order valence-corrected chi connectivity index (χ1v) is 14.5. The molecule has 1 atom stereocenters. The van der Waals surface area contributed by atoms with E-state index in [2.05, 4.69) is 5.32 Å². The van der Waals surface area contributed by atoms with Crippen molar-refractivity contribution in [3.8, 4) is 5.75 Å². The molecular weight excluding hydrogens is 548 g/mol. The van der Waals surface area contributed by atoms with E-state index < -0.39 is 17.7 Å². The highest BCUT2D eigenvalue weighted by atomic mass is 16.5. The first kappa shape index (κ1) is 28.5. The molecule has 0 radical (unpaired) electrons. The molecule has 0 saturated carbocycles. The summed E-state index contributed by atoms with van der Waals surface area (Å²) in [5, 5.41) is 15.0. The Morgan fingerprint density at radius 3 is 2.14 bits per heavy atom. The van der Waals surface area contributed by atoms with Gasteiger partial charge < -0.3 is 15.2 Å². The van der Waals surface area contributed by atoms with Crippen LogP contribution in [-0.4, -0.2) is 16.8 Å². The Hall–Kier alpha value is -5.62. The van der Waals surface area contributed by atoms with Crippen LogP contribution < -0.4 is 15.0 Å². The zero-order valence-electron chi connectivity index (χ0n) is 24.5. The number of para-hydroxylation sites is 1. The molecule has 218 valence electrons. The fourth-order valence-corrected chi connectivity index (χ4v) is 5.50. The predicted molar refractivity (Wildman–Crippen MR) is 174 cm³/mol. The highest BCUT2D eigenvalue weighted by Gasteiger charge is 2.47. The molecule has 0 spiro atoms. The first-order valence-electron chi connectivity index (χ1n) is 14.5. The monoisotopic (exact) mass is 580 g/mol. The predicted octanol–water partition coefficient (Wildman–Crippen LogP) is 8.25. The Morgan fingerprint density at radius 1 is 0.773 bits per heavy atom. The van der Waals surface area contributed by atoms with Gasteiger partial charge in [0.1, 0.15) is 18.1 Å². The molecular formula is C38H32N2O4. The van der Waals surface area contributed by atoms with E-state index in [0.29, 0.717) is 23.6 Å². The van der Waals surface area contributed by atoms with Crippen molar-refractivity contribution in [3.63, 3.8) is 0 Å². The lowest BCUT2D eigenvalue weighted by Gasteiger charge is -2.26. The highest BCUT2D eigenvalue weighted by Crippen LogP contribution is 2.43. The number of carbonyl (C=O) groups is 2. The number of Topliss-reactive ketones (excluding diaryl/α,β-unsaturated/α-hetero) is 1. The van der Waals surface area contributed by atoms with E-state index >= 15 is 0 Å².